The molecule has 0 spiro atoms. The van der Waals surface area contributed by atoms with Crippen LogP contribution in [0.2, 0.25) is 0 Å². The van der Waals surface area contributed by atoms with Gasteiger partial charge in [0.25, 0.3) is 5.56 Å². The largest absolute Gasteiger partial charge is 0.416 e. The Balaban J connectivity index is 1.91. The van der Waals surface area contributed by atoms with Crippen LogP contribution in [0.1, 0.15) is 33.8 Å². The standard InChI is InChI=1S/C19H15F3N2OS/c1-10-11(2)26-17-15(10)18(25)24-8-7-13(16(24)23-17)9-12-5-3-4-6-14(12)19(20,21)22/h3-6,9H,7-8H2,1-2H3/b13-9-. The average molecular weight is 376 g/mol. The first kappa shape index (κ1) is 17.0. The third kappa shape index (κ3) is 2.58. The van der Waals surface area contributed by atoms with Crippen molar-refractivity contribution in [2.45, 2.75) is 33.0 Å². The molecule has 3 aromatic rings. The first-order valence-corrected chi connectivity index (χ1v) is 8.96. The summed E-state index contributed by atoms with van der Waals surface area (Å²) in [7, 11) is 0. The summed E-state index contributed by atoms with van der Waals surface area (Å²) in [6, 6.07) is 5.45. The topological polar surface area (TPSA) is 34.9 Å². The molecule has 0 radical (unpaired) electrons. The Morgan fingerprint density at radius 1 is 1.23 bits per heavy atom. The molecule has 0 fully saturated rings. The zero-order chi connectivity index (χ0) is 18.6. The number of fused-ring (bicyclic) bond motifs is 2. The van der Waals surface area contributed by atoms with E-state index in [0.29, 0.717) is 34.6 Å². The highest BCUT2D eigenvalue weighted by atomic mass is 32.1. The Bertz CT molecular complexity index is 1120. The third-order valence-corrected chi connectivity index (χ3v) is 5.88. The number of benzene rings is 1. The minimum Gasteiger partial charge on any atom is -0.292 e. The second-order valence-corrected chi connectivity index (χ2v) is 7.56. The fourth-order valence-electron chi connectivity index (χ4n) is 3.33. The number of aromatic nitrogens is 2. The quantitative estimate of drug-likeness (QED) is 0.596. The molecule has 0 saturated heterocycles. The first-order chi connectivity index (χ1) is 12.3. The van der Waals surface area contributed by atoms with E-state index in [4.69, 9.17) is 0 Å². The van der Waals surface area contributed by atoms with E-state index in [-0.39, 0.29) is 11.1 Å². The Labute approximate surface area is 151 Å². The molecule has 0 atom stereocenters. The van der Waals surface area contributed by atoms with Crippen molar-refractivity contribution >= 4 is 33.2 Å². The molecule has 1 aromatic carbocycles. The molecule has 3 nitrogen and oxygen atoms in total. The van der Waals surface area contributed by atoms with Gasteiger partial charge in [0.2, 0.25) is 0 Å². The van der Waals surface area contributed by atoms with Crippen molar-refractivity contribution in [1.82, 2.24) is 9.55 Å². The molecule has 2 aromatic heterocycles. The molecule has 26 heavy (non-hydrogen) atoms. The number of aryl methyl sites for hydroxylation is 2. The number of allylic oxidation sites excluding steroid dienone is 1. The minimum atomic E-state index is -4.43. The summed E-state index contributed by atoms with van der Waals surface area (Å²) < 4.78 is 41.3. The van der Waals surface area contributed by atoms with Gasteiger partial charge in [-0.2, -0.15) is 13.2 Å². The zero-order valence-electron chi connectivity index (χ0n) is 14.1. The van der Waals surface area contributed by atoms with Crippen molar-refractivity contribution in [1.29, 1.82) is 0 Å². The molecular weight excluding hydrogens is 361 g/mol. The lowest BCUT2D eigenvalue weighted by atomic mass is 10.0. The summed E-state index contributed by atoms with van der Waals surface area (Å²) in [5, 5.41) is 0.619. The van der Waals surface area contributed by atoms with E-state index in [1.165, 1.54) is 29.5 Å². The van der Waals surface area contributed by atoms with Crippen molar-refractivity contribution in [2.24, 2.45) is 0 Å². The van der Waals surface area contributed by atoms with Crippen LogP contribution in [0.15, 0.2) is 29.1 Å². The molecule has 0 saturated carbocycles. The van der Waals surface area contributed by atoms with Gasteiger partial charge in [0.05, 0.1) is 10.9 Å². The highest BCUT2D eigenvalue weighted by molar-refractivity contribution is 7.18. The van der Waals surface area contributed by atoms with Crippen LogP contribution in [0.3, 0.4) is 0 Å². The molecule has 0 aliphatic carbocycles. The van der Waals surface area contributed by atoms with Gasteiger partial charge in [-0.1, -0.05) is 18.2 Å². The molecule has 0 amide bonds. The maximum absolute atomic E-state index is 13.2. The van der Waals surface area contributed by atoms with Crippen molar-refractivity contribution in [2.75, 3.05) is 0 Å². The van der Waals surface area contributed by atoms with E-state index in [9.17, 15) is 18.0 Å². The van der Waals surface area contributed by atoms with Crippen LogP contribution in [0, 0.1) is 13.8 Å². The van der Waals surface area contributed by atoms with Crippen molar-refractivity contribution in [3.63, 3.8) is 0 Å². The van der Waals surface area contributed by atoms with E-state index in [1.54, 1.807) is 10.6 Å². The first-order valence-electron chi connectivity index (χ1n) is 8.15. The normalized spacial score (nSPS) is 15.8. The summed E-state index contributed by atoms with van der Waals surface area (Å²) in [5.41, 5.74) is 0.884. The van der Waals surface area contributed by atoms with Crippen LogP contribution in [0.25, 0.3) is 21.9 Å². The second kappa shape index (κ2) is 5.81. The minimum absolute atomic E-state index is 0.0938. The summed E-state index contributed by atoms with van der Waals surface area (Å²) in [4.78, 5) is 19.1. The average Bonchev–Trinajstić information content (AvgIpc) is 3.09. The SMILES string of the molecule is Cc1sc2nc3n(c(=O)c2c1C)CC/C3=C/c1ccccc1C(F)(F)F. The number of hydrogen-bond donors (Lipinski definition) is 0. The van der Waals surface area contributed by atoms with E-state index < -0.39 is 11.7 Å². The van der Waals surface area contributed by atoms with Crippen LogP contribution >= 0.6 is 11.3 Å². The van der Waals surface area contributed by atoms with Crippen LogP contribution in [0.4, 0.5) is 13.2 Å². The molecule has 7 heteroatoms. The van der Waals surface area contributed by atoms with Crippen molar-refractivity contribution in [3.05, 3.63) is 62.0 Å². The van der Waals surface area contributed by atoms with E-state index in [1.807, 2.05) is 13.8 Å². The van der Waals surface area contributed by atoms with Crippen molar-refractivity contribution < 1.29 is 13.2 Å². The Morgan fingerprint density at radius 2 is 1.96 bits per heavy atom. The maximum atomic E-state index is 13.2. The van der Waals surface area contributed by atoms with Gasteiger partial charge >= 0.3 is 6.18 Å². The second-order valence-electron chi connectivity index (χ2n) is 6.36. The zero-order valence-corrected chi connectivity index (χ0v) is 15.0. The lowest BCUT2D eigenvalue weighted by molar-refractivity contribution is -0.137. The predicted molar refractivity (Wildman–Crippen MR) is 97.3 cm³/mol. The highest BCUT2D eigenvalue weighted by Crippen LogP contribution is 2.36. The van der Waals surface area contributed by atoms with Gasteiger partial charge in [-0.25, -0.2) is 4.98 Å². The highest BCUT2D eigenvalue weighted by Gasteiger charge is 2.33. The number of rotatable bonds is 1. The monoisotopic (exact) mass is 376 g/mol. The number of thiophene rings is 1. The summed E-state index contributed by atoms with van der Waals surface area (Å²) >= 11 is 1.44. The fraction of sp³-hybridized carbons (Fsp3) is 0.263. The van der Waals surface area contributed by atoms with Gasteiger partial charge in [0.1, 0.15) is 10.7 Å². The number of halogens is 3. The third-order valence-electron chi connectivity index (χ3n) is 4.78. The van der Waals surface area contributed by atoms with Crippen LogP contribution in [0.5, 0.6) is 0 Å². The Morgan fingerprint density at radius 3 is 2.69 bits per heavy atom. The van der Waals surface area contributed by atoms with Crippen LogP contribution in [-0.4, -0.2) is 9.55 Å². The summed E-state index contributed by atoms with van der Waals surface area (Å²) in [5.74, 6) is 0.473. The van der Waals surface area contributed by atoms with Crippen molar-refractivity contribution in [3.8, 4) is 0 Å². The predicted octanol–water partition coefficient (Wildman–Crippen LogP) is 5.04. The fourth-order valence-corrected chi connectivity index (χ4v) is 4.35. The number of alkyl halides is 3. The molecular formula is C19H15F3N2OS. The van der Waals surface area contributed by atoms with Gasteiger partial charge in [-0.3, -0.25) is 9.36 Å². The molecule has 4 rings (SSSR count). The molecule has 0 unspecified atom stereocenters. The van der Waals surface area contributed by atoms with E-state index >= 15 is 0 Å². The number of hydrogen-bond acceptors (Lipinski definition) is 3. The molecule has 0 bridgehead atoms. The molecule has 134 valence electrons. The molecule has 0 N–H and O–H groups in total. The van der Waals surface area contributed by atoms with E-state index in [0.717, 1.165) is 16.5 Å². The molecule has 1 aliphatic heterocycles. The van der Waals surface area contributed by atoms with Crippen LogP contribution in [-0.2, 0) is 12.7 Å². The van der Waals surface area contributed by atoms with Gasteiger partial charge < -0.3 is 0 Å². The van der Waals surface area contributed by atoms with Gasteiger partial charge in [0.15, 0.2) is 0 Å². The molecule has 3 heterocycles. The Hall–Kier alpha value is -2.41. The maximum Gasteiger partial charge on any atom is 0.416 e. The lowest BCUT2D eigenvalue weighted by Crippen LogP contribution is -2.20. The summed E-state index contributed by atoms with van der Waals surface area (Å²) in [6.07, 6.45) is -2.43. The lowest BCUT2D eigenvalue weighted by Gasteiger charge is -2.10. The van der Waals surface area contributed by atoms with Gasteiger partial charge in [-0.05, 0) is 49.1 Å². The summed E-state index contributed by atoms with van der Waals surface area (Å²) in [6.45, 7) is 4.27. The van der Waals surface area contributed by atoms with Gasteiger partial charge in [0, 0.05) is 11.4 Å². The molecule has 1 aliphatic rings. The Kier molecular flexibility index (Phi) is 3.80. The smallest absolute Gasteiger partial charge is 0.292 e. The van der Waals surface area contributed by atoms with Gasteiger partial charge in [-0.15, -0.1) is 11.3 Å². The van der Waals surface area contributed by atoms with E-state index in [2.05, 4.69) is 4.98 Å². The number of nitrogens with zero attached hydrogens (tertiary/aromatic N) is 2. The van der Waals surface area contributed by atoms with Crippen LogP contribution < -0.4 is 5.56 Å².